The number of carbonyl (C=O) groups excluding carboxylic acids is 1. The molecule has 1 saturated carbocycles. The second-order valence-electron chi connectivity index (χ2n) is 4.36. The summed E-state index contributed by atoms with van der Waals surface area (Å²) in [7, 11) is 0. The molecule has 1 atom stereocenters. The first-order valence-electron chi connectivity index (χ1n) is 5.72. The Bertz CT molecular complexity index is 544. The predicted octanol–water partition coefficient (Wildman–Crippen LogP) is 3.60. The lowest BCUT2D eigenvalue weighted by atomic mass is 10.1. The lowest BCUT2D eigenvalue weighted by Crippen LogP contribution is -2.17. The van der Waals surface area contributed by atoms with E-state index in [-0.39, 0.29) is 11.7 Å². The van der Waals surface area contributed by atoms with E-state index in [0.717, 1.165) is 18.4 Å². The van der Waals surface area contributed by atoms with Crippen LogP contribution in [0.25, 0.3) is 0 Å². The Morgan fingerprint density at radius 2 is 2.28 bits per heavy atom. The molecule has 0 spiro atoms. The summed E-state index contributed by atoms with van der Waals surface area (Å²) in [6, 6.07) is 6.12. The molecule has 92 valence electrons. The second kappa shape index (κ2) is 5.28. The van der Waals surface area contributed by atoms with E-state index >= 15 is 0 Å². The summed E-state index contributed by atoms with van der Waals surface area (Å²) in [5.41, 5.74) is 1.50. The molecule has 2 rings (SSSR count). The predicted molar refractivity (Wildman–Crippen MR) is 67.8 cm³/mol. The summed E-state index contributed by atoms with van der Waals surface area (Å²) < 4.78 is 0. The minimum absolute atomic E-state index is 0.00945. The van der Waals surface area contributed by atoms with Crippen LogP contribution in [0.2, 0.25) is 5.02 Å². The van der Waals surface area contributed by atoms with Gasteiger partial charge in [-0.15, -0.1) is 0 Å². The molecule has 1 unspecified atom stereocenters. The summed E-state index contributed by atoms with van der Waals surface area (Å²) in [6.45, 7) is 1.89. The van der Waals surface area contributed by atoms with Gasteiger partial charge in [0.05, 0.1) is 11.8 Å². The number of Topliss-reactive ketones (excluding diaryl/α,β-unsaturated/α-hetero) is 1. The summed E-state index contributed by atoms with van der Waals surface area (Å²) in [5.74, 6) is -0.116. The van der Waals surface area contributed by atoms with E-state index in [1.807, 2.05) is 19.1 Å². The van der Waals surface area contributed by atoms with Crippen LogP contribution in [0.1, 0.15) is 18.4 Å². The molecule has 4 nitrogen and oxygen atoms in total. The van der Waals surface area contributed by atoms with Gasteiger partial charge in [0.15, 0.2) is 5.78 Å². The number of benzene rings is 1. The van der Waals surface area contributed by atoms with E-state index in [9.17, 15) is 4.79 Å². The molecule has 1 aromatic rings. The number of rotatable bonds is 4. The number of hydrogen-bond acceptors (Lipinski definition) is 4. The minimum Gasteiger partial charge on any atom is -0.296 e. The molecule has 0 bridgehead atoms. The zero-order valence-electron chi connectivity index (χ0n) is 9.93. The van der Waals surface area contributed by atoms with Crippen LogP contribution in [0.5, 0.6) is 0 Å². The third kappa shape index (κ3) is 2.93. The van der Waals surface area contributed by atoms with Gasteiger partial charge in [-0.25, -0.2) is 0 Å². The van der Waals surface area contributed by atoms with Gasteiger partial charge in [-0.2, -0.15) is 15.5 Å². The third-order valence-corrected chi connectivity index (χ3v) is 3.22. The number of halogens is 1. The smallest absolute Gasteiger partial charge is 0.215 e. The first-order valence-corrected chi connectivity index (χ1v) is 6.10. The van der Waals surface area contributed by atoms with Crippen LogP contribution in [-0.4, -0.2) is 11.8 Å². The van der Waals surface area contributed by atoms with Crippen molar-refractivity contribution in [2.75, 3.05) is 0 Å². The van der Waals surface area contributed by atoms with Crippen LogP contribution in [0.4, 0.5) is 5.69 Å². The number of carbonyl (C=O) groups is 1. The van der Waals surface area contributed by atoms with Crippen molar-refractivity contribution in [1.82, 2.24) is 0 Å². The molecule has 1 aromatic carbocycles. The van der Waals surface area contributed by atoms with Crippen LogP contribution < -0.4 is 0 Å². The zero-order chi connectivity index (χ0) is 13.1. The molecule has 0 amide bonds. The van der Waals surface area contributed by atoms with Crippen molar-refractivity contribution in [3.63, 3.8) is 0 Å². The third-order valence-electron chi connectivity index (χ3n) is 2.82. The second-order valence-corrected chi connectivity index (χ2v) is 4.76. The van der Waals surface area contributed by atoms with E-state index in [4.69, 9.17) is 16.9 Å². The van der Waals surface area contributed by atoms with E-state index < -0.39 is 6.04 Å². The molecule has 0 N–H and O–H groups in total. The molecule has 5 heteroatoms. The fourth-order valence-electron chi connectivity index (χ4n) is 1.51. The summed E-state index contributed by atoms with van der Waals surface area (Å²) in [6.07, 6.45) is 1.73. The van der Waals surface area contributed by atoms with Crippen molar-refractivity contribution in [3.05, 3.63) is 28.8 Å². The van der Waals surface area contributed by atoms with Gasteiger partial charge in [-0.3, -0.25) is 4.79 Å². The van der Waals surface area contributed by atoms with Crippen molar-refractivity contribution >= 4 is 23.1 Å². The first-order chi connectivity index (χ1) is 8.61. The number of nitriles is 1. The van der Waals surface area contributed by atoms with Crippen LogP contribution in [0.3, 0.4) is 0 Å². The van der Waals surface area contributed by atoms with Gasteiger partial charge < -0.3 is 0 Å². The maximum Gasteiger partial charge on any atom is 0.215 e. The Balaban J connectivity index is 2.10. The first kappa shape index (κ1) is 12.7. The van der Waals surface area contributed by atoms with Crippen molar-refractivity contribution in [1.29, 1.82) is 5.26 Å². The van der Waals surface area contributed by atoms with E-state index in [2.05, 4.69) is 10.2 Å². The summed E-state index contributed by atoms with van der Waals surface area (Å²) >= 11 is 5.95. The van der Waals surface area contributed by atoms with Crippen molar-refractivity contribution in [2.45, 2.75) is 25.8 Å². The largest absolute Gasteiger partial charge is 0.296 e. The van der Waals surface area contributed by atoms with Gasteiger partial charge in [-0.05, 0) is 37.5 Å². The molecule has 0 radical (unpaired) electrons. The zero-order valence-corrected chi connectivity index (χ0v) is 10.7. The van der Waals surface area contributed by atoms with E-state index in [0.29, 0.717) is 10.7 Å². The quantitative estimate of drug-likeness (QED) is 0.777. The standard InChI is InChI=1S/C13H12ClN3O/c1-8-2-5-10(6-11(8)14)16-17-12(7-15)13(18)9-3-4-9/h2,5-6,9,12H,3-4H2,1H3. The van der Waals surface area contributed by atoms with Crippen LogP contribution in [-0.2, 0) is 4.79 Å². The molecule has 1 aliphatic rings. The number of ketones is 1. The van der Waals surface area contributed by atoms with Gasteiger partial charge >= 0.3 is 0 Å². The number of azo groups is 1. The molecule has 1 aliphatic carbocycles. The highest BCUT2D eigenvalue weighted by atomic mass is 35.5. The van der Waals surface area contributed by atoms with Gasteiger partial charge in [0, 0.05) is 10.9 Å². The number of nitrogens with zero attached hydrogens (tertiary/aromatic N) is 3. The minimum atomic E-state index is -0.988. The lowest BCUT2D eigenvalue weighted by molar-refractivity contribution is -0.120. The maximum absolute atomic E-state index is 11.7. The SMILES string of the molecule is Cc1ccc(N=NC(C#N)C(=O)C2CC2)cc1Cl. The fourth-order valence-corrected chi connectivity index (χ4v) is 1.68. The van der Waals surface area contributed by atoms with E-state index in [1.54, 1.807) is 12.1 Å². The lowest BCUT2D eigenvalue weighted by Gasteiger charge is -2.00. The molecule has 0 heterocycles. The molecule has 1 fully saturated rings. The molecular formula is C13H12ClN3O. The molecule has 18 heavy (non-hydrogen) atoms. The molecule has 0 saturated heterocycles. The van der Waals surface area contributed by atoms with Crippen molar-refractivity contribution in [2.24, 2.45) is 16.1 Å². The highest BCUT2D eigenvalue weighted by molar-refractivity contribution is 6.31. The Morgan fingerprint density at radius 3 is 2.83 bits per heavy atom. The molecule has 0 aromatic heterocycles. The fraction of sp³-hybridized carbons (Fsp3) is 0.385. The molecule has 0 aliphatic heterocycles. The van der Waals surface area contributed by atoms with Gasteiger partial charge in [0.2, 0.25) is 6.04 Å². The maximum atomic E-state index is 11.7. The van der Waals surface area contributed by atoms with Gasteiger partial charge in [0.25, 0.3) is 0 Å². The Kier molecular flexibility index (Phi) is 3.73. The average Bonchev–Trinajstić information content (AvgIpc) is 3.18. The highest BCUT2D eigenvalue weighted by Crippen LogP contribution is 2.31. The van der Waals surface area contributed by atoms with Crippen LogP contribution in [0, 0.1) is 24.2 Å². The van der Waals surface area contributed by atoms with E-state index in [1.165, 1.54) is 0 Å². The topological polar surface area (TPSA) is 65.6 Å². The number of hydrogen-bond donors (Lipinski definition) is 0. The Morgan fingerprint density at radius 1 is 1.56 bits per heavy atom. The normalized spacial score (nSPS) is 16.5. The van der Waals surface area contributed by atoms with Crippen LogP contribution >= 0.6 is 11.6 Å². The summed E-state index contributed by atoms with van der Waals surface area (Å²) in [4.78, 5) is 11.7. The van der Waals surface area contributed by atoms with Crippen molar-refractivity contribution < 1.29 is 4.79 Å². The Hall–Kier alpha value is -1.73. The average molecular weight is 262 g/mol. The van der Waals surface area contributed by atoms with Gasteiger partial charge in [-0.1, -0.05) is 17.7 Å². The monoisotopic (exact) mass is 261 g/mol. The van der Waals surface area contributed by atoms with Gasteiger partial charge in [0.1, 0.15) is 0 Å². The summed E-state index contributed by atoms with van der Waals surface area (Å²) in [5, 5.41) is 17.2. The highest BCUT2D eigenvalue weighted by Gasteiger charge is 2.35. The number of aryl methyl sites for hydroxylation is 1. The van der Waals surface area contributed by atoms with Crippen molar-refractivity contribution in [3.8, 4) is 6.07 Å². The van der Waals surface area contributed by atoms with Crippen LogP contribution in [0.15, 0.2) is 28.4 Å². The molecular weight excluding hydrogens is 250 g/mol. The Labute approximate surface area is 110 Å².